The fourth-order valence-corrected chi connectivity index (χ4v) is 3.42. The van der Waals surface area contributed by atoms with Crippen LogP contribution in [-0.4, -0.2) is 30.6 Å². The lowest BCUT2D eigenvalue weighted by Crippen LogP contribution is -2.38. The summed E-state index contributed by atoms with van der Waals surface area (Å²) in [6.07, 6.45) is -3.08. The maximum Gasteiger partial charge on any atom is 0.434 e. The standard InChI is InChI=1S/C15H19F3N4S2/c1-2-19-14(20-7-5-11-4-3-9-23-11)21-8-6-13-22-12(10-24-13)15(16,17)18/h3-4,9-10H,2,5-8H2,1H3,(H2,19,20,21). The first-order valence-corrected chi connectivity index (χ1v) is 9.31. The zero-order chi connectivity index (χ0) is 17.4. The van der Waals surface area contributed by atoms with E-state index in [0.29, 0.717) is 23.9 Å². The topological polar surface area (TPSA) is 49.3 Å². The van der Waals surface area contributed by atoms with Crippen molar-refractivity contribution in [1.29, 1.82) is 0 Å². The largest absolute Gasteiger partial charge is 0.434 e. The Hall–Kier alpha value is -1.61. The molecule has 2 aromatic heterocycles. The van der Waals surface area contributed by atoms with Gasteiger partial charge in [-0.1, -0.05) is 6.07 Å². The molecule has 9 heteroatoms. The van der Waals surface area contributed by atoms with Gasteiger partial charge in [0.15, 0.2) is 11.7 Å². The highest BCUT2D eigenvalue weighted by atomic mass is 32.1. The Morgan fingerprint density at radius 3 is 2.71 bits per heavy atom. The number of hydrogen-bond acceptors (Lipinski definition) is 4. The van der Waals surface area contributed by atoms with Crippen molar-refractivity contribution in [3.05, 3.63) is 38.5 Å². The number of thiophene rings is 1. The van der Waals surface area contributed by atoms with Crippen LogP contribution in [0.2, 0.25) is 0 Å². The van der Waals surface area contributed by atoms with Gasteiger partial charge < -0.3 is 10.6 Å². The monoisotopic (exact) mass is 376 g/mol. The lowest BCUT2D eigenvalue weighted by Gasteiger charge is -2.10. The van der Waals surface area contributed by atoms with Crippen LogP contribution < -0.4 is 10.6 Å². The molecule has 0 fully saturated rings. The summed E-state index contributed by atoms with van der Waals surface area (Å²) in [7, 11) is 0. The molecule has 24 heavy (non-hydrogen) atoms. The normalized spacial score (nSPS) is 12.4. The number of nitrogens with one attached hydrogen (secondary N) is 2. The van der Waals surface area contributed by atoms with Crippen molar-refractivity contribution in [2.45, 2.75) is 25.9 Å². The van der Waals surface area contributed by atoms with Gasteiger partial charge in [0, 0.05) is 36.3 Å². The van der Waals surface area contributed by atoms with E-state index in [-0.39, 0.29) is 0 Å². The van der Waals surface area contributed by atoms with Crippen molar-refractivity contribution in [3.63, 3.8) is 0 Å². The maximum absolute atomic E-state index is 12.5. The summed E-state index contributed by atoms with van der Waals surface area (Å²) in [5.41, 5.74) is -0.826. The molecule has 0 unspecified atom stereocenters. The Morgan fingerprint density at radius 2 is 2.08 bits per heavy atom. The average Bonchev–Trinajstić information content (AvgIpc) is 3.18. The molecule has 0 aliphatic carbocycles. The van der Waals surface area contributed by atoms with E-state index in [2.05, 4.69) is 26.7 Å². The predicted octanol–water partition coefficient (Wildman–Crippen LogP) is 3.56. The van der Waals surface area contributed by atoms with Gasteiger partial charge in [0.25, 0.3) is 0 Å². The van der Waals surface area contributed by atoms with Gasteiger partial charge in [0.2, 0.25) is 0 Å². The highest BCUT2D eigenvalue weighted by Crippen LogP contribution is 2.30. The Kier molecular flexibility index (Phi) is 7.04. The number of hydrogen-bond donors (Lipinski definition) is 2. The number of guanidine groups is 1. The van der Waals surface area contributed by atoms with Crippen molar-refractivity contribution < 1.29 is 13.2 Å². The van der Waals surface area contributed by atoms with E-state index >= 15 is 0 Å². The van der Waals surface area contributed by atoms with E-state index in [1.165, 1.54) is 4.88 Å². The summed E-state index contributed by atoms with van der Waals surface area (Å²) in [4.78, 5) is 9.28. The minimum atomic E-state index is -4.38. The number of thiazole rings is 1. The third-order valence-corrected chi connectivity index (χ3v) is 4.87. The predicted molar refractivity (Wildman–Crippen MR) is 92.8 cm³/mol. The zero-order valence-electron chi connectivity index (χ0n) is 13.2. The number of aromatic nitrogens is 1. The second-order valence-corrected chi connectivity index (χ2v) is 6.87. The molecular weight excluding hydrogens is 357 g/mol. The molecule has 0 aliphatic heterocycles. The van der Waals surface area contributed by atoms with E-state index in [4.69, 9.17) is 0 Å². The molecule has 4 nitrogen and oxygen atoms in total. The van der Waals surface area contributed by atoms with Crippen LogP contribution in [0.3, 0.4) is 0 Å². The minimum absolute atomic E-state index is 0.388. The Morgan fingerprint density at radius 1 is 1.25 bits per heavy atom. The van der Waals surface area contributed by atoms with Crippen LogP contribution in [0.15, 0.2) is 27.9 Å². The van der Waals surface area contributed by atoms with E-state index in [0.717, 1.165) is 36.2 Å². The number of alkyl halides is 3. The molecule has 132 valence electrons. The van der Waals surface area contributed by atoms with Crippen LogP contribution in [-0.2, 0) is 19.0 Å². The lowest BCUT2D eigenvalue weighted by atomic mass is 10.3. The van der Waals surface area contributed by atoms with Crippen molar-refractivity contribution in [3.8, 4) is 0 Å². The van der Waals surface area contributed by atoms with Gasteiger partial charge in [0.05, 0.1) is 5.01 Å². The Balaban J connectivity index is 1.80. The Labute approximate surface area is 146 Å². The average molecular weight is 376 g/mol. The molecule has 0 saturated carbocycles. The van der Waals surface area contributed by atoms with Crippen LogP contribution in [0, 0.1) is 0 Å². The van der Waals surface area contributed by atoms with E-state index < -0.39 is 11.9 Å². The van der Waals surface area contributed by atoms with E-state index in [1.807, 2.05) is 18.4 Å². The number of nitrogens with zero attached hydrogens (tertiary/aromatic N) is 2. The summed E-state index contributed by atoms with van der Waals surface area (Å²) in [5.74, 6) is 0.668. The van der Waals surface area contributed by atoms with Crippen molar-refractivity contribution in [2.75, 3.05) is 19.6 Å². The van der Waals surface area contributed by atoms with Gasteiger partial charge in [-0.15, -0.1) is 22.7 Å². The summed E-state index contributed by atoms with van der Waals surface area (Å²) in [6.45, 7) is 3.83. The molecule has 0 bridgehead atoms. The molecule has 0 atom stereocenters. The molecule has 0 radical (unpaired) electrons. The third-order valence-electron chi connectivity index (χ3n) is 3.03. The van der Waals surface area contributed by atoms with Crippen LogP contribution in [0.1, 0.15) is 22.5 Å². The third kappa shape index (κ3) is 6.12. The fraction of sp³-hybridized carbons (Fsp3) is 0.467. The fourth-order valence-electron chi connectivity index (χ4n) is 1.92. The molecule has 2 aromatic rings. The van der Waals surface area contributed by atoms with Gasteiger partial charge in [0.1, 0.15) is 0 Å². The van der Waals surface area contributed by atoms with Gasteiger partial charge in [-0.25, -0.2) is 4.98 Å². The number of rotatable bonds is 7. The molecule has 0 saturated heterocycles. The maximum atomic E-state index is 12.5. The lowest BCUT2D eigenvalue weighted by molar-refractivity contribution is -0.140. The highest BCUT2D eigenvalue weighted by molar-refractivity contribution is 7.10. The second-order valence-electron chi connectivity index (χ2n) is 4.89. The molecule has 2 N–H and O–H groups in total. The SMILES string of the molecule is CCNC(=NCCc1nc(C(F)(F)F)cs1)NCCc1cccs1. The number of aliphatic imine (C=N–C) groups is 1. The van der Waals surface area contributed by atoms with E-state index in [1.54, 1.807) is 11.3 Å². The second kappa shape index (κ2) is 9.03. The first kappa shape index (κ1) is 18.7. The summed E-state index contributed by atoms with van der Waals surface area (Å²) < 4.78 is 37.5. The van der Waals surface area contributed by atoms with Gasteiger partial charge >= 0.3 is 6.18 Å². The van der Waals surface area contributed by atoms with Crippen LogP contribution in [0.4, 0.5) is 13.2 Å². The minimum Gasteiger partial charge on any atom is -0.357 e. The van der Waals surface area contributed by atoms with Crippen LogP contribution in [0.25, 0.3) is 0 Å². The molecule has 0 aliphatic rings. The summed E-state index contributed by atoms with van der Waals surface area (Å²) in [5, 5.41) is 9.88. The van der Waals surface area contributed by atoms with Gasteiger partial charge in [-0.2, -0.15) is 13.2 Å². The van der Waals surface area contributed by atoms with Gasteiger partial charge in [-0.3, -0.25) is 4.99 Å². The molecule has 0 spiro atoms. The zero-order valence-corrected chi connectivity index (χ0v) is 14.8. The molecule has 2 heterocycles. The summed E-state index contributed by atoms with van der Waals surface area (Å²) in [6, 6.07) is 4.10. The van der Waals surface area contributed by atoms with Crippen molar-refractivity contribution in [1.82, 2.24) is 15.6 Å². The molecule has 2 rings (SSSR count). The van der Waals surface area contributed by atoms with Crippen LogP contribution in [0.5, 0.6) is 0 Å². The molecule has 0 amide bonds. The van der Waals surface area contributed by atoms with Crippen molar-refractivity contribution in [2.24, 2.45) is 4.99 Å². The molecular formula is C15H19F3N4S2. The first-order chi connectivity index (χ1) is 11.5. The van der Waals surface area contributed by atoms with E-state index in [9.17, 15) is 13.2 Å². The smallest absolute Gasteiger partial charge is 0.357 e. The van der Waals surface area contributed by atoms with Crippen LogP contribution >= 0.6 is 22.7 Å². The Bertz CT molecular complexity index is 635. The number of halogens is 3. The molecule has 0 aromatic carbocycles. The first-order valence-electron chi connectivity index (χ1n) is 7.55. The quantitative estimate of drug-likeness (QED) is 0.574. The summed E-state index contributed by atoms with van der Waals surface area (Å²) >= 11 is 2.73. The van der Waals surface area contributed by atoms with Crippen molar-refractivity contribution >= 4 is 28.6 Å². The highest BCUT2D eigenvalue weighted by Gasteiger charge is 2.33. The van der Waals surface area contributed by atoms with Gasteiger partial charge in [-0.05, 0) is 24.8 Å².